The first-order valence-corrected chi connectivity index (χ1v) is 7.03. The van der Waals surface area contributed by atoms with Crippen LogP contribution in [0.5, 0.6) is 0 Å². The van der Waals surface area contributed by atoms with Crippen molar-refractivity contribution in [3.8, 4) is 17.5 Å². The Morgan fingerprint density at radius 2 is 2.05 bits per heavy atom. The molecule has 0 aliphatic rings. The van der Waals surface area contributed by atoms with Crippen LogP contribution in [0.1, 0.15) is 11.1 Å². The summed E-state index contributed by atoms with van der Waals surface area (Å²) in [4.78, 5) is 4.67. The van der Waals surface area contributed by atoms with E-state index in [0.29, 0.717) is 5.56 Å². The number of hydrogen-bond donors (Lipinski definition) is 0. The number of nitrogens with zero attached hydrogens (tertiary/aromatic N) is 3. The smallest absolute Gasteiger partial charge is 0.141 e. The summed E-state index contributed by atoms with van der Waals surface area (Å²) in [7, 11) is 1.98. The van der Waals surface area contributed by atoms with Crippen LogP contribution in [0.15, 0.2) is 40.9 Å². The van der Waals surface area contributed by atoms with Crippen molar-refractivity contribution in [2.75, 3.05) is 0 Å². The van der Waals surface area contributed by atoms with Gasteiger partial charge in [-0.3, -0.25) is 0 Å². The van der Waals surface area contributed by atoms with Crippen molar-refractivity contribution in [1.82, 2.24) is 9.55 Å². The van der Waals surface area contributed by atoms with Gasteiger partial charge in [0, 0.05) is 17.1 Å². The van der Waals surface area contributed by atoms with Crippen LogP contribution in [-0.2, 0) is 7.05 Å². The quantitative estimate of drug-likeness (QED) is 0.673. The molecule has 0 fully saturated rings. The zero-order valence-electron chi connectivity index (χ0n) is 11.2. The number of hydrogen-bond acceptors (Lipinski definition) is 2. The molecule has 0 bridgehead atoms. The zero-order valence-corrected chi connectivity index (χ0v) is 12.8. The standard InChI is InChI=1S/C16H12BrN3/c1-10-8-12(17)6-7-13(10)16-19-15-11(9-18)4-3-5-14(15)20(16)2/h3-8H,1-2H3. The average Bonchev–Trinajstić information content (AvgIpc) is 2.76. The highest BCUT2D eigenvalue weighted by Crippen LogP contribution is 2.29. The second kappa shape index (κ2) is 4.77. The number of aromatic nitrogens is 2. The van der Waals surface area contributed by atoms with Crippen LogP contribution >= 0.6 is 15.9 Å². The molecule has 0 N–H and O–H groups in total. The molecule has 3 rings (SSSR count). The van der Waals surface area contributed by atoms with Gasteiger partial charge in [0.05, 0.1) is 11.1 Å². The molecule has 0 unspecified atom stereocenters. The SMILES string of the molecule is Cc1cc(Br)ccc1-c1nc2c(C#N)cccc2n1C. The average molecular weight is 326 g/mol. The molecule has 3 nitrogen and oxygen atoms in total. The highest BCUT2D eigenvalue weighted by Gasteiger charge is 2.14. The largest absolute Gasteiger partial charge is 0.327 e. The van der Waals surface area contributed by atoms with Gasteiger partial charge in [0.1, 0.15) is 17.4 Å². The summed E-state index contributed by atoms with van der Waals surface area (Å²) in [6.45, 7) is 2.06. The first kappa shape index (κ1) is 12.9. The number of fused-ring (bicyclic) bond motifs is 1. The van der Waals surface area contributed by atoms with Crippen LogP contribution in [0.3, 0.4) is 0 Å². The normalized spacial score (nSPS) is 10.7. The summed E-state index contributed by atoms with van der Waals surface area (Å²) < 4.78 is 3.09. The predicted octanol–water partition coefficient (Wildman–Crippen LogP) is 4.18. The Morgan fingerprint density at radius 1 is 1.25 bits per heavy atom. The first-order valence-electron chi connectivity index (χ1n) is 6.24. The van der Waals surface area contributed by atoms with E-state index in [4.69, 9.17) is 0 Å². The number of aryl methyl sites for hydroxylation is 2. The predicted molar refractivity (Wildman–Crippen MR) is 83.3 cm³/mol. The molecule has 0 spiro atoms. The van der Waals surface area contributed by atoms with E-state index in [9.17, 15) is 5.26 Å². The number of imidazole rings is 1. The molecule has 0 radical (unpaired) electrons. The molecule has 2 aromatic carbocycles. The van der Waals surface area contributed by atoms with Gasteiger partial charge >= 0.3 is 0 Å². The Labute approximate surface area is 125 Å². The lowest BCUT2D eigenvalue weighted by molar-refractivity contribution is 0.957. The summed E-state index contributed by atoms with van der Waals surface area (Å²) in [6, 6.07) is 14.0. The lowest BCUT2D eigenvalue weighted by atomic mass is 10.1. The van der Waals surface area contributed by atoms with Crippen molar-refractivity contribution < 1.29 is 0 Å². The molecule has 0 saturated heterocycles. The Bertz CT molecular complexity index is 856. The summed E-state index contributed by atoms with van der Waals surface area (Å²) in [5.41, 5.74) is 4.57. The summed E-state index contributed by atoms with van der Waals surface area (Å²) >= 11 is 3.47. The Morgan fingerprint density at radius 3 is 2.75 bits per heavy atom. The third kappa shape index (κ3) is 1.91. The fourth-order valence-corrected chi connectivity index (χ4v) is 2.90. The highest BCUT2D eigenvalue weighted by atomic mass is 79.9. The van der Waals surface area contributed by atoms with Crippen molar-refractivity contribution in [2.45, 2.75) is 6.92 Å². The zero-order chi connectivity index (χ0) is 14.3. The minimum Gasteiger partial charge on any atom is -0.327 e. The number of benzene rings is 2. The lowest BCUT2D eigenvalue weighted by Gasteiger charge is -2.06. The fraction of sp³-hybridized carbons (Fsp3) is 0.125. The second-order valence-corrected chi connectivity index (χ2v) is 5.65. The minimum atomic E-state index is 0.610. The molecule has 3 aromatic rings. The molecule has 98 valence electrons. The van der Waals surface area contributed by atoms with Gasteiger partial charge in [-0.1, -0.05) is 22.0 Å². The van der Waals surface area contributed by atoms with Crippen LogP contribution in [0.2, 0.25) is 0 Å². The number of nitriles is 1. The summed E-state index contributed by atoms with van der Waals surface area (Å²) in [6.07, 6.45) is 0. The van der Waals surface area contributed by atoms with E-state index < -0.39 is 0 Å². The molecule has 0 aliphatic carbocycles. The Balaban J connectivity index is 2.33. The van der Waals surface area contributed by atoms with E-state index >= 15 is 0 Å². The van der Waals surface area contributed by atoms with Crippen LogP contribution in [0.25, 0.3) is 22.4 Å². The summed E-state index contributed by atoms with van der Waals surface area (Å²) in [5.74, 6) is 0.882. The molecular formula is C16H12BrN3. The van der Waals surface area contributed by atoms with Crippen molar-refractivity contribution in [3.05, 3.63) is 52.0 Å². The highest BCUT2D eigenvalue weighted by molar-refractivity contribution is 9.10. The van der Waals surface area contributed by atoms with Crippen molar-refractivity contribution in [2.24, 2.45) is 7.05 Å². The van der Waals surface area contributed by atoms with E-state index in [1.165, 1.54) is 0 Å². The fourth-order valence-electron chi connectivity index (χ4n) is 2.42. The molecule has 1 heterocycles. The maximum absolute atomic E-state index is 9.19. The van der Waals surface area contributed by atoms with Crippen LogP contribution in [-0.4, -0.2) is 9.55 Å². The van der Waals surface area contributed by atoms with Crippen LogP contribution in [0, 0.1) is 18.3 Å². The molecule has 4 heteroatoms. The van der Waals surface area contributed by atoms with E-state index in [2.05, 4.69) is 40.0 Å². The number of halogens is 1. The van der Waals surface area contributed by atoms with E-state index in [1.54, 1.807) is 6.07 Å². The maximum Gasteiger partial charge on any atom is 0.141 e. The Hall–Kier alpha value is -2.12. The minimum absolute atomic E-state index is 0.610. The molecule has 0 amide bonds. The molecule has 1 aromatic heterocycles. The summed E-state index contributed by atoms with van der Waals surface area (Å²) in [5, 5.41) is 9.19. The van der Waals surface area contributed by atoms with Gasteiger partial charge in [0.25, 0.3) is 0 Å². The van der Waals surface area contributed by atoms with Gasteiger partial charge < -0.3 is 4.57 Å². The van der Waals surface area contributed by atoms with E-state index in [0.717, 1.165) is 32.5 Å². The molecule has 0 saturated carbocycles. The van der Waals surface area contributed by atoms with Crippen LogP contribution in [0.4, 0.5) is 0 Å². The maximum atomic E-state index is 9.19. The molecular weight excluding hydrogens is 314 g/mol. The van der Waals surface area contributed by atoms with Crippen molar-refractivity contribution >= 4 is 27.0 Å². The van der Waals surface area contributed by atoms with Crippen molar-refractivity contribution in [3.63, 3.8) is 0 Å². The molecule has 0 atom stereocenters. The topological polar surface area (TPSA) is 41.6 Å². The van der Waals surface area contributed by atoms with Gasteiger partial charge in [0.15, 0.2) is 0 Å². The third-order valence-electron chi connectivity index (χ3n) is 3.46. The monoisotopic (exact) mass is 325 g/mol. The van der Waals surface area contributed by atoms with E-state index in [1.807, 2.05) is 35.9 Å². The first-order chi connectivity index (χ1) is 9.61. The van der Waals surface area contributed by atoms with Crippen LogP contribution < -0.4 is 0 Å². The lowest BCUT2D eigenvalue weighted by Crippen LogP contribution is -1.94. The number of rotatable bonds is 1. The van der Waals surface area contributed by atoms with Gasteiger partial charge in [0.2, 0.25) is 0 Å². The van der Waals surface area contributed by atoms with Gasteiger partial charge in [-0.25, -0.2) is 4.98 Å². The van der Waals surface area contributed by atoms with Crippen molar-refractivity contribution in [1.29, 1.82) is 5.26 Å². The third-order valence-corrected chi connectivity index (χ3v) is 3.95. The molecule has 20 heavy (non-hydrogen) atoms. The number of para-hydroxylation sites is 1. The van der Waals surface area contributed by atoms with E-state index in [-0.39, 0.29) is 0 Å². The molecule has 0 aliphatic heterocycles. The second-order valence-electron chi connectivity index (χ2n) is 4.74. The van der Waals surface area contributed by atoms with Gasteiger partial charge in [-0.2, -0.15) is 5.26 Å². The Kier molecular flexibility index (Phi) is 3.07. The van der Waals surface area contributed by atoms with Gasteiger partial charge in [-0.15, -0.1) is 0 Å². The van der Waals surface area contributed by atoms with Gasteiger partial charge in [-0.05, 0) is 42.8 Å².